The van der Waals surface area contributed by atoms with E-state index in [-0.39, 0.29) is 6.42 Å². The standard InChI is InChI=1S/C8H15N3O4/c1-5(3-6(9)12)10-8(15)11(2)4-7(13)14/h5H,3-4H2,1-2H3,(H2,9,12)(H,10,15)(H,13,14). The zero-order valence-electron chi connectivity index (χ0n) is 8.69. The third kappa shape index (κ3) is 6.30. The molecule has 4 N–H and O–H groups in total. The van der Waals surface area contributed by atoms with E-state index in [2.05, 4.69) is 5.32 Å². The van der Waals surface area contributed by atoms with Crippen LogP contribution < -0.4 is 11.1 Å². The maximum absolute atomic E-state index is 11.3. The Morgan fingerprint density at radius 1 is 1.47 bits per heavy atom. The van der Waals surface area contributed by atoms with Crippen LogP contribution >= 0.6 is 0 Å². The van der Waals surface area contributed by atoms with Gasteiger partial charge >= 0.3 is 12.0 Å². The molecule has 0 radical (unpaired) electrons. The molecule has 7 heteroatoms. The smallest absolute Gasteiger partial charge is 0.323 e. The summed E-state index contributed by atoms with van der Waals surface area (Å²) in [7, 11) is 1.35. The van der Waals surface area contributed by atoms with Gasteiger partial charge in [-0.05, 0) is 6.92 Å². The predicted molar refractivity (Wildman–Crippen MR) is 52.1 cm³/mol. The van der Waals surface area contributed by atoms with Gasteiger partial charge in [-0.1, -0.05) is 0 Å². The van der Waals surface area contributed by atoms with E-state index in [1.165, 1.54) is 7.05 Å². The minimum Gasteiger partial charge on any atom is -0.480 e. The highest BCUT2D eigenvalue weighted by atomic mass is 16.4. The third-order valence-corrected chi connectivity index (χ3v) is 1.60. The topological polar surface area (TPSA) is 113 Å². The van der Waals surface area contributed by atoms with Crippen LogP contribution in [0.4, 0.5) is 4.79 Å². The van der Waals surface area contributed by atoms with Crippen LogP contribution in [0.2, 0.25) is 0 Å². The second-order valence-corrected chi connectivity index (χ2v) is 3.27. The Kier molecular flexibility index (Phi) is 5.14. The van der Waals surface area contributed by atoms with E-state index in [1.54, 1.807) is 6.92 Å². The number of nitrogens with one attached hydrogen (secondary N) is 1. The summed E-state index contributed by atoms with van der Waals surface area (Å²) in [5, 5.41) is 10.9. The van der Waals surface area contributed by atoms with Crippen LogP contribution in [0.1, 0.15) is 13.3 Å². The molecule has 0 spiro atoms. The number of likely N-dealkylation sites (N-methyl/N-ethyl adjacent to an activating group) is 1. The number of primary amides is 1. The molecule has 1 atom stereocenters. The maximum Gasteiger partial charge on any atom is 0.323 e. The number of carbonyl (C=O) groups is 3. The first-order valence-electron chi connectivity index (χ1n) is 4.34. The molecule has 0 fully saturated rings. The van der Waals surface area contributed by atoms with E-state index in [0.29, 0.717) is 0 Å². The van der Waals surface area contributed by atoms with Gasteiger partial charge in [-0.25, -0.2) is 4.79 Å². The summed E-state index contributed by atoms with van der Waals surface area (Å²) < 4.78 is 0. The number of hydrogen-bond acceptors (Lipinski definition) is 3. The summed E-state index contributed by atoms with van der Waals surface area (Å²) in [6, 6.07) is -0.961. The summed E-state index contributed by atoms with van der Waals surface area (Å²) in [4.78, 5) is 33.1. The van der Waals surface area contributed by atoms with Crippen molar-refractivity contribution in [2.24, 2.45) is 5.73 Å². The van der Waals surface area contributed by atoms with Gasteiger partial charge in [0.05, 0.1) is 0 Å². The van der Waals surface area contributed by atoms with Gasteiger partial charge in [0.15, 0.2) is 0 Å². The van der Waals surface area contributed by atoms with Crippen LogP contribution in [0.3, 0.4) is 0 Å². The van der Waals surface area contributed by atoms with Crippen molar-refractivity contribution in [3.8, 4) is 0 Å². The summed E-state index contributed by atoms with van der Waals surface area (Å²) in [5.41, 5.74) is 4.93. The Labute approximate surface area is 87.2 Å². The molecular weight excluding hydrogens is 202 g/mol. The molecule has 0 aliphatic rings. The second-order valence-electron chi connectivity index (χ2n) is 3.27. The molecule has 0 rings (SSSR count). The molecule has 7 nitrogen and oxygen atoms in total. The molecule has 0 aliphatic heterocycles. The lowest BCUT2D eigenvalue weighted by Crippen LogP contribution is -2.44. The number of carboxylic acids is 1. The fraction of sp³-hybridized carbons (Fsp3) is 0.625. The molecule has 0 aromatic heterocycles. The van der Waals surface area contributed by atoms with Crippen molar-refractivity contribution >= 4 is 17.9 Å². The molecule has 0 aromatic carbocycles. The van der Waals surface area contributed by atoms with Gasteiger partial charge in [0.25, 0.3) is 0 Å². The van der Waals surface area contributed by atoms with Crippen LogP contribution in [-0.2, 0) is 9.59 Å². The number of carboxylic acid groups (broad SMARTS) is 1. The van der Waals surface area contributed by atoms with Crippen molar-refractivity contribution in [3.63, 3.8) is 0 Å². The van der Waals surface area contributed by atoms with Crippen molar-refractivity contribution in [2.45, 2.75) is 19.4 Å². The molecule has 1 unspecified atom stereocenters. The lowest BCUT2D eigenvalue weighted by atomic mass is 10.2. The number of amides is 3. The molecule has 0 aromatic rings. The highest BCUT2D eigenvalue weighted by Gasteiger charge is 2.15. The van der Waals surface area contributed by atoms with E-state index in [1.807, 2.05) is 0 Å². The number of carbonyl (C=O) groups excluding carboxylic acids is 2. The predicted octanol–water partition coefficient (Wildman–Crippen LogP) is -1.02. The quantitative estimate of drug-likeness (QED) is 0.546. The van der Waals surface area contributed by atoms with E-state index in [9.17, 15) is 14.4 Å². The van der Waals surface area contributed by atoms with E-state index >= 15 is 0 Å². The number of nitrogens with zero attached hydrogens (tertiary/aromatic N) is 1. The molecule has 3 amide bonds. The number of hydrogen-bond donors (Lipinski definition) is 3. The van der Waals surface area contributed by atoms with Gasteiger partial charge in [0, 0.05) is 19.5 Å². The zero-order chi connectivity index (χ0) is 12.0. The Balaban J connectivity index is 4.01. The average molecular weight is 217 g/mol. The summed E-state index contributed by atoms with van der Waals surface area (Å²) in [6.45, 7) is 1.21. The Morgan fingerprint density at radius 2 is 2.00 bits per heavy atom. The Hall–Kier alpha value is -1.79. The molecule has 0 saturated heterocycles. The van der Waals surface area contributed by atoms with Gasteiger partial charge in [0.1, 0.15) is 6.54 Å². The van der Waals surface area contributed by atoms with Gasteiger partial charge in [-0.2, -0.15) is 0 Å². The summed E-state index contributed by atoms with van der Waals surface area (Å²) in [5.74, 6) is -1.63. The van der Waals surface area contributed by atoms with E-state index in [0.717, 1.165) is 4.90 Å². The fourth-order valence-electron chi connectivity index (χ4n) is 0.948. The third-order valence-electron chi connectivity index (χ3n) is 1.60. The molecule has 86 valence electrons. The monoisotopic (exact) mass is 217 g/mol. The van der Waals surface area contributed by atoms with Crippen LogP contribution in [0.25, 0.3) is 0 Å². The lowest BCUT2D eigenvalue weighted by molar-refractivity contribution is -0.137. The van der Waals surface area contributed by atoms with Crippen molar-refractivity contribution in [1.82, 2.24) is 10.2 Å². The first-order valence-corrected chi connectivity index (χ1v) is 4.34. The normalized spacial score (nSPS) is 11.6. The number of aliphatic carboxylic acids is 1. The number of nitrogens with two attached hydrogens (primary N) is 1. The first-order chi connectivity index (χ1) is 6.82. The number of rotatable bonds is 5. The van der Waals surface area contributed by atoms with Crippen LogP contribution in [0, 0.1) is 0 Å². The summed E-state index contributed by atoms with van der Waals surface area (Å²) in [6.07, 6.45) is 0.0205. The minimum absolute atomic E-state index is 0.0205. The summed E-state index contributed by atoms with van der Waals surface area (Å²) >= 11 is 0. The van der Waals surface area contributed by atoms with E-state index < -0.39 is 30.5 Å². The first kappa shape index (κ1) is 13.2. The molecule has 0 aliphatic carbocycles. The van der Waals surface area contributed by atoms with Crippen molar-refractivity contribution in [3.05, 3.63) is 0 Å². The number of urea groups is 1. The van der Waals surface area contributed by atoms with Crippen molar-refractivity contribution < 1.29 is 19.5 Å². The SMILES string of the molecule is CC(CC(N)=O)NC(=O)N(C)CC(=O)O. The lowest BCUT2D eigenvalue weighted by Gasteiger charge is -2.18. The molecule has 0 bridgehead atoms. The zero-order valence-corrected chi connectivity index (χ0v) is 8.69. The Morgan fingerprint density at radius 3 is 2.40 bits per heavy atom. The van der Waals surface area contributed by atoms with Crippen LogP contribution in [-0.4, -0.2) is 47.5 Å². The van der Waals surface area contributed by atoms with Crippen molar-refractivity contribution in [1.29, 1.82) is 0 Å². The fourth-order valence-corrected chi connectivity index (χ4v) is 0.948. The van der Waals surface area contributed by atoms with Crippen molar-refractivity contribution in [2.75, 3.05) is 13.6 Å². The highest BCUT2D eigenvalue weighted by Crippen LogP contribution is 1.92. The van der Waals surface area contributed by atoms with Gasteiger partial charge in [0.2, 0.25) is 5.91 Å². The Bertz CT molecular complexity index is 267. The van der Waals surface area contributed by atoms with Crippen LogP contribution in [0.15, 0.2) is 0 Å². The minimum atomic E-state index is -1.10. The largest absolute Gasteiger partial charge is 0.480 e. The molecule has 15 heavy (non-hydrogen) atoms. The van der Waals surface area contributed by atoms with Crippen LogP contribution in [0.5, 0.6) is 0 Å². The molecule has 0 heterocycles. The second kappa shape index (κ2) is 5.84. The molecular formula is C8H15N3O4. The van der Waals surface area contributed by atoms with Gasteiger partial charge in [-0.15, -0.1) is 0 Å². The maximum atomic E-state index is 11.3. The highest BCUT2D eigenvalue weighted by molar-refractivity contribution is 5.81. The average Bonchev–Trinajstić information content (AvgIpc) is 2.00. The van der Waals surface area contributed by atoms with Gasteiger partial charge < -0.3 is 21.1 Å². The van der Waals surface area contributed by atoms with Gasteiger partial charge in [-0.3, -0.25) is 9.59 Å². The van der Waals surface area contributed by atoms with E-state index in [4.69, 9.17) is 10.8 Å². The molecule has 0 saturated carbocycles.